The second kappa shape index (κ2) is 8.84. The highest BCUT2D eigenvalue weighted by Gasteiger charge is 2.08. The molecule has 2 aromatic carbocycles. The Labute approximate surface area is 161 Å². The van der Waals surface area contributed by atoms with Gasteiger partial charge in [0.25, 0.3) is 0 Å². The molecule has 6 heteroatoms. The average molecular weight is 452 g/mol. The van der Waals surface area contributed by atoms with Crippen molar-refractivity contribution in [3.05, 3.63) is 56.2 Å². The third-order valence-electron chi connectivity index (χ3n) is 3.69. The Morgan fingerprint density at radius 3 is 2.72 bits per heavy atom. The fourth-order valence-corrected chi connectivity index (χ4v) is 2.88. The standard InChI is InChI=1S/C19H21IN2O3/c1-4-25-17-9-15(8-16(20)19(17)24)11-21-22-18(23)10-14-6-5-12(2)13(3)7-14/h5-9,11,24H,4,10H2,1-3H3,(H,22,23). The van der Waals surface area contributed by atoms with Crippen molar-refractivity contribution in [2.24, 2.45) is 5.10 Å². The van der Waals surface area contributed by atoms with Crippen molar-refractivity contribution in [3.8, 4) is 11.5 Å². The Hall–Kier alpha value is -2.09. The number of benzene rings is 2. The van der Waals surface area contributed by atoms with Crippen LogP contribution in [0, 0.1) is 17.4 Å². The van der Waals surface area contributed by atoms with Crippen molar-refractivity contribution in [2.75, 3.05) is 6.61 Å². The molecule has 2 rings (SSSR count). The average Bonchev–Trinajstić information content (AvgIpc) is 2.56. The second-order valence-electron chi connectivity index (χ2n) is 5.67. The molecule has 0 heterocycles. The van der Waals surface area contributed by atoms with E-state index in [-0.39, 0.29) is 18.1 Å². The number of nitrogens with zero attached hydrogens (tertiary/aromatic N) is 1. The van der Waals surface area contributed by atoms with E-state index in [1.54, 1.807) is 12.1 Å². The van der Waals surface area contributed by atoms with Gasteiger partial charge in [0, 0.05) is 0 Å². The largest absolute Gasteiger partial charge is 0.504 e. The van der Waals surface area contributed by atoms with Crippen LogP contribution in [0.4, 0.5) is 0 Å². The minimum absolute atomic E-state index is 0.110. The van der Waals surface area contributed by atoms with Gasteiger partial charge in [-0.15, -0.1) is 0 Å². The van der Waals surface area contributed by atoms with Crippen molar-refractivity contribution >= 4 is 34.7 Å². The molecule has 2 aromatic rings. The van der Waals surface area contributed by atoms with E-state index in [2.05, 4.69) is 10.5 Å². The monoisotopic (exact) mass is 452 g/mol. The van der Waals surface area contributed by atoms with Crippen molar-refractivity contribution in [2.45, 2.75) is 27.2 Å². The van der Waals surface area contributed by atoms with Crippen molar-refractivity contribution in [3.63, 3.8) is 0 Å². The summed E-state index contributed by atoms with van der Waals surface area (Å²) in [4.78, 5) is 12.0. The van der Waals surface area contributed by atoms with Crippen LogP contribution in [0.1, 0.15) is 29.2 Å². The van der Waals surface area contributed by atoms with Crippen LogP contribution in [-0.2, 0) is 11.2 Å². The Kier molecular flexibility index (Phi) is 6.81. The molecule has 0 spiro atoms. The normalized spacial score (nSPS) is 10.9. The number of halogens is 1. The van der Waals surface area contributed by atoms with Gasteiger partial charge >= 0.3 is 0 Å². The molecule has 0 fully saturated rings. The predicted octanol–water partition coefficient (Wildman–Crippen LogP) is 3.71. The van der Waals surface area contributed by atoms with Gasteiger partial charge in [-0.1, -0.05) is 18.2 Å². The highest BCUT2D eigenvalue weighted by atomic mass is 127. The third-order valence-corrected chi connectivity index (χ3v) is 4.51. The molecule has 0 atom stereocenters. The molecule has 0 unspecified atom stereocenters. The zero-order chi connectivity index (χ0) is 18.4. The topological polar surface area (TPSA) is 70.9 Å². The van der Waals surface area contributed by atoms with Gasteiger partial charge < -0.3 is 9.84 Å². The molecule has 0 aliphatic carbocycles. The molecule has 2 N–H and O–H groups in total. The number of rotatable bonds is 6. The van der Waals surface area contributed by atoms with Gasteiger partial charge in [-0.3, -0.25) is 4.79 Å². The van der Waals surface area contributed by atoms with E-state index in [1.807, 2.05) is 61.6 Å². The van der Waals surface area contributed by atoms with Crippen LogP contribution >= 0.6 is 22.6 Å². The lowest BCUT2D eigenvalue weighted by atomic mass is 10.0. The Bertz CT molecular complexity index is 803. The highest BCUT2D eigenvalue weighted by Crippen LogP contribution is 2.32. The molecule has 0 radical (unpaired) electrons. The van der Waals surface area contributed by atoms with Crippen molar-refractivity contribution < 1.29 is 14.6 Å². The lowest BCUT2D eigenvalue weighted by molar-refractivity contribution is -0.120. The maximum Gasteiger partial charge on any atom is 0.244 e. The summed E-state index contributed by atoms with van der Waals surface area (Å²) in [6, 6.07) is 9.41. The molecule has 0 saturated heterocycles. The molecule has 1 amide bonds. The summed E-state index contributed by atoms with van der Waals surface area (Å²) < 4.78 is 6.04. The number of ether oxygens (including phenoxy) is 1. The van der Waals surface area contributed by atoms with E-state index in [0.717, 1.165) is 16.7 Å². The number of phenols is 1. The van der Waals surface area contributed by atoms with Gasteiger partial charge in [-0.2, -0.15) is 5.10 Å². The van der Waals surface area contributed by atoms with Crippen LogP contribution in [-0.4, -0.2) is 23.8 Å². The van der Waals surface area contributed by atoms with Crippen LogP contribution in [0.3, 0.4) is 0 Å². The number of phenolic OH excluding ortho intramolecular Hbond substituents is 1. The first kappa shape index (κ1) is 19.2. The number of hydrogen-bond donors (Lipinski definition) is 2. The van der Waals surface area contributed by atoms with Gasteiger partial charge in [0.05, 0.1) is 22.8 Å². The van der Waals surface area contributed by atoms with E-state index in [1.165, 1.54) is 11.8 Å². The lowest BCUT2D eigenvalue weighted by Crippen LogP contribution is -2.19. The summed E-state index contributed by atoms with van der Waals surface area (Å²) in [6.45, 7) is 6.37. The third kappa shape index (κ3) is 5.45. The van der Waals surface area contributed by atoms with Crippen molar-refractivity contribution in [1.29, 1.82) is 0 Å². The SMILES string of the molecule is CCOc1cc(C=NNC(=O)Cc2ccc(C)c(C)c2)cc(I)c1O. The molecule has 0 aromatic heterocycles. The first-order valence-corrected chi connectivity index (χ1v) is 9.02. The number of aryl methyl sites for hydroxylation is 2. The minimum Gasteiger partial charge on any atom is -0.504 e. The van der Waals surface area contributed by atoms with E-state index in [4.69, 9.17) is 4.74 Å². The molecule has 0 aliphatic heterocycles. The van der Waals surface area contributed by atoms with Crippen LogP contribution in [0.15, 0.2) is 35.4 Å². The fourth-order valence-electron chi connectivity index (χ4n) is 2.25. The number of nitrogens with one attached hydrogen (secondary N) is 1. The fraction of sp³-hybridized carbons (Fsp3) is 0.263. The summed E-state index contributed by atoms with van der Waals surface area (Å²) in [6.07, 6.45) is 1.80. The molecule has 0 bridgehead atoms. The summed E-state index contributed by atoms with van der Waals surface area (Å²) >= 11 is 2.02. The predicted molar refractivity (Wildman–Crippen MR) is 107 cm³/mol. The highest BCUT2D eigenvalue weighted by molar-refractivity contribution is 14.1. The van der Waals surface area contributed by atoms with E-state index >= 15 is 0 Å². The second-order valence-corrected chi connectivity index (χ2v) is 6.83. The molecular formula is C19H21IN2O3. The van der Waals surface area contributed by atoms with Crippen LogP contribution in [0.25, 0.3) is 0 Å². The molecule has 5 nitrogen and oxygen atoms in total. The maximum absolute atomic E-state index is 12.0. The van der Waals surface area contributed by atoms with E-state index in [9.17, 15) is 9.90 Å². The molecule has 25 heavy (non-hydrogen) atoms. The Morgan fingerprint density at radius 1 is 1.28 bits per heavy atom. The Balaban J connectivity index is 2.00. The summed E-state index contributed by atoms with van der Waals surface area (Å²) in [5.41, 5.74) is 6.58. The zero-order valence-electron chi connectivity index (χ0n) is 14.5. The minimum atomic E-state index is -0.182. The summed E-state index contributed by atoms with van der Waals surface area (Å²) in [7, 11) is 0. The van der Waals surface area contributed by atoms with E-state index < -0.39 is 0 Å². The number of carbonyl (C=O) groups excluding carboxylic acids is 1. The first-order valence-electron chi connectivity index (χ1n) is 7.94. The lowest BCUT2D eigenvalue weighted by Gasteiger charge is -2.08. The smallest absolute Gasteiger partial charge is 0.244 e. The molecule has 132 valence electrons. The quantitative estimate of drug-likeness (QED) is 0.399. The number of amides is 1. The van der Waals surface area contributed by atoms with Crippen LogP contribution in [0.5, 0.6) is 11.5 Å². The Morgan fingerprint density at radius 2 is 2.04 bits per heavy atom. The maximum atomic E-state index is 12.0. The number of carbonyl (C=O) groups is 1. The molecular weight excluding hydrogens is 431 g/mol. The van der Waals surface area contributed by atoms with E-state index in [0.29, 0.717) is 15.9 Å². The van der Waals surface area contributed by atoms with Gasteiger partial charge in [0.1, 0.15) is 0 Å². The zero-order valence-corrected chi connectivity index (χ0v) is 16.6. The summed E-state index contributed by atoms with van der Waals surface area (Å²) in [5.74, 6) is 0.327. The molecule has 0 aliphatic rings. The van der Waals surface area contributed by atoms with Gasteiger partial charge in [-0.05, 0) is 77.7 Å². The van der Waals surface area contributed by atoms with Gasteiger partial charge in [0.15, 0.2) is 11.5 Å². The van der Waals surface area contributed by atoms with Crippen LogP contribution in [0.2, 0.25) is 0 Å². The number of aromatic hydroxyl groups is 1. The number of hydrogen-bond acceptors (Lipinski definition) is 4. The van der Waals surface area contributed by atoms with Crippen molar-refractivity contribution in [1.82, 2.24) is 5.43 Å². The van der Waals surface area contributed by atoms with Gasteiger partial charge in [0.2, 0.25) is 5.91 Å². The first-order chi connectivity index (χ1) is 11.9. The summed E-state index contributed by atoms with van der Waals surface area (Å²) in [5, 5.41) is 13.9. The van der Waals surface area contributed by atoms with Crippen LogP contribution < -0.4 is 10.2 Å². The number of hydrazone groups is 1. The van der Waals surface area contributed by atoms with Gasteiger partial charge in [-0.25, -0.2) is 5.43 Å². The molecule has 0 saturated carbocycles.